The second-order valence-corrected chi connectivity index (χ2v) is 4.42. The number of hydrogen-bond donors (Lipinski definition) is 1. The fraction of sp³-hybridized carbons (Fsp3) is 0.455. The van der Waals surface area contributed by atoms with Gasteiger partial charge >= 0.3 is 6.18 Å². The van der Waals surface area contributed by atoms with Crippen molar-refractivity contribution in [3.8, 4) is 0 Å². The molecule has 2 nitrogen and oxygen atoms in total. The molecule has 96 valence electrons. The van der Waals surface area contributed by atoms with Gasteiger partial charge in [0.15, 0.2) is 0 Å². The Labute approximate surface area is 103 Å². The highest BCUT2D eigenvalue weighted by Gasteiger charge is 2.33. The van der Waals surface area contributed by atoms with Gasteiger partial charge in [-0.25, -0.2) is 0 Å². The van der Waals surface area contributed by atoms with Crippen molar-refractivity contribution in [3.05, 3.63) is 23.2 Å². The Kier molecular flexibility index (Phi) is 4.14. The Hall–Kier alpha value is -1.10. The number of hydrogen-bond acceptors (Lipinski definition) is 2. The lowest BCUT2D eigenvalue weighted by Crippen LogP contribution is -2.39. The molecule has 2 N–H and O–H groups in total. The van der Waals surface area contributed by atoms with E-state index in [9.17, 15) is 13.2 Å². The summed E-state index contributed by atoms with van der Waals surface area (Å²) in [5, 5.41) is 0.225. The number of halogens is 4. The van der Waals surface area contributed by atoms with E-state index in [0.29, 0.717) is 0 Å². The normalized spacial score (nSPS) is 11.9. The maximum atomic E-state index is 12.5. The molecule has 17 heavy (non-hydrogen) atoms. The van der Waals surface area contributed by atoms with Crippen LogP contribution in [0.3, 0.4) is 0 Å². The van der Waals surface area contributed by atoms with Gasteiger partial charge < -0.3 is 10.6 Å². The molecule has 0 saturated heterocycles. The fourth-order valence-corrected chi connectivity index (χ4v) is 1.84. The van der Waals surface area contributed by atoms with E-state index in [-0.39, 0.29) is 22.4 Å². The van der Waals surface area contributed by atoms with Gasteiger partial charge in [-0.15, -0.1) is 0 Å². The molecule has 1 aromatic carbocycles. The van der Waals surface area contributed by atoms with Gasteiger partial charge in [0.25, 0.3) is 0 Å². The molecule has 1 aromatic rings. The molecule has 0 aliphatic carbocycles. The first-order valence-corrected chi connectivity index (χ1v) is 5.47. The fourth-order valence-electron chi connectivity index (χ4n) is 1.55. The number of nitrogens with two attached hydrogens (primary N) is 1. The lowest BCUT2D eigenvalue weighted by atomic mass is 10.2. The molecule has 0 fully saturated rings. The summed E-state index contributed by atoms with van der Waals surface area (Å²) >= 11 is 5.91. The van der Waals surface area contributed by atoms with E-state index in [0.717, 1.165) is 4.90 Å². The van der Waals surface area contributed by atoms with Crippen LogP contribution in [0.15, 0.2) is 18.2 Å². The van der Waals surface area contributed by atoms with Crippen LogP contribution in [0.1, 0.15) is 13.8 Å². The molecule has 0 aromatic heterocycles. The average Bonchev–Trinajstić information content (AvgIpc) is 2.13. The predicted octanol–water partition coefficient (Wildman–Crippen LogP) is 3.70. The number of nitrogens with zero attached hydrogens (tertiary/aromatic N) is 1. The summed E-state index contributed by atoms with van der Waals surface area (Å²) in [6.07, 6.45) is -4.30. The highest BCUT2D eigenvalue weighted by Crippen LogP contribution is 2.35. The van der Waals surface area contributed by atoms with Crippen molar-refractivity contribution in [2.45, 2.75) is 26.1 Å². The average molecular weight is 267 g/mol. The Bertz CT molecular complexity index is 371. The Morgan fingerprint density at radius 2 is 1.94 bits per heavy atom. The zero-order valence-corrected chi connectivity index (χ0v) is 10.3. The van der Waals surface area contributed by atoms with Crippen molar-refractivity contribution in [3.63, 3.8) is 0 Å². The first-order chi connectivity index (χ1) is 7.72. The van der Waals surface area contributed by atoms with Gasteiger partial charge in [0.2, 0.25) is 0 Å². The van der Waals surface area contributed by atoms with E-state index in [2.05, 4.69) is 0 Å². The topological polar surface area (TPSA) is 29.3 Å². The highest BCUT2D eigenvalue weighted by atomic mass is 35.5. The Balaban J connectivity index is 3.15. The van der Waals surface area contributed by atoms with Gasteiger partial charge in [-0.05, 0) is 26.0 Å². The van der Waals surface area contributed by atoms with Crippen LogP contribution >= 0.6 is 11.6 Å². The molecular formula is C11H14ClF3N2. The summed E-state index contributed by atoms with van der Waals surface area (Å²) in [4.78, 5) is 1.15. The number of alkyl halides is 3. The van der Waals surface area contributed by atoms with E-state index in [1.165, 1.54) is 12.1 Å². The molecule has 0 amide bonds. The number of anilines is 2. The third-order valence-electron chi connectivity index (χ3n) is 2.28. The molecule has 0 saturated carbocycles. The van der Waals surface area contributed by atoms with Crippen LogP contribution in [0.5, 0.6) is 0 Å². The third kappa shape index (κ3) is 3.70. The number of benzene rings is 1. The smallest absolute Gasteiger partial charge is 0.397 e. The molecule has 0 spiro atoms. The van der Waals surface area contributed by atoms with Crippen LogP contribution in [0.2, 0.25) is 5.02 Å². The minimum Gasteiger partial charge on any atom is -0.397 e. The summed E-state index contributed by atoms with van der Waals surface area (Å²) in [5.41, 5.74) is 6.17. The van der Waals surface area contributed by atoms with Gasteiger partial charge in [-0.3, -0.25) is 0 Å². The van der Waals surface area contributed by atoms with Crippen molar-refractivity contribution in [2.24, 2.45) is 0 Å². The van der Waals surface area contributed by atoms with Crippen LogP contribution in [0.4, 0.5) is 24.5 Å². The van der Waals surface area contributed by atoms with Crippen molar-refractivity contribution in [1.29, 1.82) is 0 Å². The lowest BCUT2D eigenvalue weighted by Gasteiger charge is -2.31. The van der Waals surface area contributed by atoms with E-state index in [1.807, 2.05) is 0 Å². The first kappa shape index (κ1) is 14.0. The molecule has 0 aliphatic heterocycles. The van der Waals surface area contributed by atoms with Crippen LogP contribution in [0, 0.1) is 0 Å². The van der Waals surface area contributed by atoms with Crippen LogP contribution in [-0.4, -0.2) is 18.8 Å². The van der Waals surface area contributed by atoms with E-state index >= 15 is 0 Å². The molecule has 1 rings (SSSR count). The molecule has 0 bridgehead atoms. The van der Waals surface area contributed by atoms with E-state index in [1.54, 1.807) is 19.9 Å². The van der Waals surface area contributed by atoms with Crippen molar-refractivity contribution < 1.29 is 13.2 Å². The summed E-state index contributed by atoms with van der Waals surface area (Å²) in [6, 6.07) is 4.32. The predicted molar refractivity (Wildman–Crippen MR) is 64.4 cm³/mol. The van der Waals surface area contributed by atoms with Gasteiger partial charge in [-0.2, -0.15) is 13.2 Å². The van der Waals surface area contributed by atoms with Crippen molar-refractivity contribution in [2.75, 3.05) is 17.2 Å². The van der Waals surface area contributed by atoms with Gasteiger partial charge in [0, 0.05) is 6.04 Å². The maximum Gasteiger partial charge on any atom is 0.405 e. The molecule has 0 heterocycles. The van der Waals surface area contributed by atoms with Gasteiger partial charge in [-0.1, -0.05) is 17.7 Å². The second kappa shape index (κ2) is 5.04. The molecule has 0 radical (unpaired) electrons. The minimum absolute atomic E-state index is 0.225. The Morgan fingerprint density at radius 1 is 1.35 bits per heavy atom. The molecule has 0 unspecified atom stereocenters. The molecule has 6 heteroatoms. The van der Waals surface area contributed by atoms with Crippen LogP contribution in [0.25, 0.3) is 0 Å². The third-order valence-corrected chi connectivity index (χ3v) is 2.58. The maximum absolute atomic E-state index is 12.5. The largest absolute Gasteiger partial charge is 0.405 e. The lowest BCUT2D eigenvalue weighted by molar-refractivity contribution is -0.120. The number of para-hydroxylation sites is 1. The van der Waals surface area contributed by atoms with Crippen molar-refractivity contribution >= 4 is 23.0 Å². The standard InChI is InChI=1S/C11H14ClF3N2/c1-7(2)17(6-11(13,14)15)10-8(12)4-3-5-9(10)16/h3-5,7H,6,16H2,1-2H3. The number of rotatable bonds is 3. The van der Waals surface area contributed by atoms with Crippen LogP contribution < -0.4 is 10.6 Å². The quantitative estimate of drug-likeness (QED) is 0.846. The Morgan fingerprint density at radius 3 is 2.35 bits per heavy atom. The van der Waals surface area contributed by atoms with Gasteiger partial charge in [0.05, 0.1) is 16.4 Å². The summed E-state index contributed by atoms with van der Waals surface area (Å²) in [5.74, 6) is 0. The highest BCUT2D eigenvalue weighted by molar-refractivity contribution is 6.34. The number of nitrogen functional groups attached to an aromatic ring is 1. The molecule has 0 aliphatic rings. The SMILES string of the molecule is CC(C)N(CC(F)(F)F)c1c(N)cccc1Cl. The molecule has 0 atom stereocenters. The minimum atomic E-state index is -4.30. The van der Waals surface area contributed by atoms with Gasteiger partial charge in [0.1, 0.15) is 6.54 Å². The van der Waals surface area contributed by atoms with E-state index in [4.69, 9.17) is 17.3 Å². The van der Waals surface area contributed by atoms with Crippen LogP contribution in [-0.2, 0) is 0 Å². The van der Waals surface area contributed by atoms with Crippen molar-refractivity contribution in [1.82, 2.24) is 0 Å². The second-order valence-electron chi connectivity index (χ2n) is 4.01. The summed E-state index contributed by atoms with van der Waals surface area (Å²) < 4.78 is 37.5. The first-order valence-electron chi connectivity index (χ1n) is 5.09. The monoisotopic (exact) mass is 266 g/mol. The zero-order valence-electron chi connectivity index (χ0n) is 9.55. The van der Waals surface area contributed by atoms with E-state index < -0.39 is 12.7 Å². The summed E-state index contributed by atoms with van der Waals surface area (Å²) in [7, 11) is 0. The zero-order chi connectivity index (χ0) is 13.2. The summed E-state index contributed by atoms with van der Waals surface area (Å²) in [6.45, 7) is 2.25. The molecular weight excluding hydrogens is 253 g/mol.